The van der Waals surface area contributed by atoms with Crippen LogP contribution in [0, 0.1) is 0 Å². The summed E-state index contributed by atoms with van der Waals surface area (Å²) in [6.45, 7) is -2.27. The number of carbonyl (C=O) groups excluding carboxylic acids is 1. The number of para-hydroxylation sites is 2. The van der Waals surface area contributed by atoms with Crippen LogP contribution in [0.15, 0.2) is 36.5 Å². The molecule has 0 aliphatic carbocycles. The first-order valence-electron chi connectivity index (χ1n) is 6.77. The molecular weight excluding hydrogens is 384 g/mol. The number of rotatable bonds is 6. The second kappa shape index (κ2) is 8.37. The van der Waals surface area contributed by atoms with E-state index in [9.17, 15) is 18.0 Å². The number of carbonyl (C=O) groups is 1. The van der Waals surface area contributed by atoms with E-state index < -0.39 is 25.3 Å². The van der Waals surface area contributed by atoms with Crippen molar-refractivity contribution >= 4 is 34.8 Å². The number of ether oxygens (including phenoxy) is 2. The molecule has 1 aromatic carbocycles. The highest BCUT2D eigenvalue weighted by atomic mass is 35.5. The molecule has 0 fully saturated rings. The van der Waals surface area contributed by atoms with Crippen LogP contribution in [-0.4, -0.2) is 30.3 Å². The van der Waals surface area contributed by atoms with E-state index in [0.29, 0.717) is 5.02 Å². The molecule has 0 spiro atoms. The fraction of sp³-hybridized carbons (Fsp3) is 0.200. The summed E-state index contributed by atoms with van der Waals surface area (Å²) in [5.41, 5.74) is 0.218. The lowest BCUT2D eigenvalue weighted by Gasteiger charge is -2.13. The van der Waals surface area contributed by atoms with E-state index in [1.165, 1.54) is 24.4 Å². The zero-order valence-electron chi connectivity index (χ0n) is 12.4. The normalized spacial score (nSPS) is 11.2. The second-order valence-electron chi connectivity index (χ2n) is 4.69. The minimum Gasteiger partial charge on any atom is -0.435 e. The largest absolute Gasteiger partial charge is 0.435 e. The number of nitrogens with zero attached hydrogens (tertiary/aromatic N) is 1. The molecule has 1 heterocycles. The van der Waals surface area contributed by atoms with E-state index in [1.807, 2.05) is 0 Å². The van der Waals surface area contributed by atoms with Gasteiger partial charge in [-0.15, -0.1) is 0 Å². The van der Waals surface area contributed by atoms with Crippen molar-refractivity contribution < 1.29 is 27.4 Å². The Kier molecular flexibility index (Phi) is 6.46. The van der Waals surface area contributed by atoms with Crippen LogP contribution in [0.1, 0.15) is 0 Å². The monoisotopic (exact) mass is 394 g/mol. The average molecular weight is 395 g/mol. The van der Waals surface area contributed by atoms with E-state index >= 15 is 0 Å². The van der Waals surface area contributed by atoms with Gasteiger partial charge in [-0.1, -0.05) is 35.3 Å². The Morgan fingerprint density at radius 1 is 1.24 bits per heavy atom. The van der Waals surface area contributed by atoms with Crippen molar-refractivity contribution in [1.29, 1.82) is 0 Å². The molecule has 5 nitrogen and oxygen atoms in total. The molecule has 0 atom stereocenters. The highest BCUT2D eigenvalue weighted by Crippen LogP contribution is 2.33. The number of hydrogen-bond acceptors (Lipinski definition) is 4. The summed E-state index contributed by atoms with van der Waals surface area (Å²) < 4.78 is 45.8. The molecule has 134 valence electrons. The van der Waals surface area contributed by atoms with Gasteiger partial charge in [-0.2, -0.15) is 13.2 Å². The van der Waals surface area contributed by atoms with Gasteiger partial charge in [0.15, 0.2) is 5.75 Å². The van der Waals surface area contributed by atoms with Crippen molar-refractivity contribution in [1.82, 2.24) is 4.98 Å². The number of halogens is 5. The highest BCUT2D eigenvalue weighted by Gasteiger charge is 2.27. The van der Waals surface area contributed by atoms with Crippen molar-refractivity contribution in [2.24, 2.45) is 0 Å². The third-order valence-electron chi connectivity index (χ3n) is 2.64. The SMILES string of the molecule is O=C(COCC(F)(F)F)Nc1ccccc1Oc1ncc(Cl)cc1Cl. The first-order chi connectivity index (χ1) is 11.7. The molecular formula is C15H11Cl2F3N2O3. The number of nitrogens with one attached hydrogen (secondary N) is 1. The van der Waals surface area contributed by atoms with Crippen molar-refractivity contribution in [3.05, 3.63) is 46.6 Å². The third-order valence-corrected chi connectivity index (χ3v) is 3.12. The van der Waals surface area contributed by atoms with Crippen LogP contribution in [0.25, 0.3) is 0 Å². The van der Waals surface area contributed by atoms with Gasteiger partial charge >= 0.3 is 6.18 Å². The Morgan fingerprint density at radius 2 is 1.96 bits per heavy atom. The summed E-state index contributed by atoms with van der Waals surface area (Å²) in [6, 6.07) is 7.70. The fourth-order valence-electron chi connectivity index (χ4n) is 1.69. The Morgan fingerprint density at radius 3 is 2.64 bits per heavy atom. The first kappa shape index (κ1) is 19.3. The smallest absolute Gasteiger partial charge is 0.411 e. The third kappa shape index (κ3) is 6.41. The number of aromatic nitrogens is 1. The minimum atomic E-state index is -4.50. The van der Waals surface area contributed by atoms with E-state index in [-0.39, 0.29) is 22.3 Å². The fourth-order valence-corrected chi connectivity index (χ4v) is 2.10. The van der Waals surface area contributed by atoms with Crippen molar-refractivity contribution in [3.8, 4) is 11.6 Å². The van der Waals surface area contributed by atoms with Gasteiger partial charge in [0.2, 0.25) is 11.8 Å². The van der Waals surface area contributed by atoms with Crippen LogP contribution >= 0.6 is 23.2 Å². The van der Waals surface area contributed by atoms with Crippen LogP contribution in [0.4, 0.5) is 18.9 Å². The molecule has 2 rings (SSSR count). The molecule has 1 N–H and O–H groups in total. The summed E-state index contributed by atoms with van der Waals surface area (Å²) in [6.07, 6.45) is -3.17. The number of anilines is 1. The van der Waals surface area contributed by atoms with Gasteiger partial charge < -0.3 is 14.8 Å². The molecule has 0 aliphatic heterocycles. The predicted molar refractivity (Wildman–Crippen MR) is 86.3 cm³/mol. The van der Waals surface area contributed by atoms with Gasteiger partial charge in [-0.25, -0.2) is 4.98 Å². The Hall–Kier alpha value is -2.03. The molecule has 0 aliphatic rings. The first-order valence-corrected chi connectivity index (χ1v) is 7.52. The predicted octanol–water partition coefficient (Wildman–Crippen LogP) is 4.70. The van der Waals surface area contributed by atoms with Gasteiger partial charge in [0, 0.05) is 6.20 Å². The standard InChI is InChI=1S/C15H11Cl2F3N2O3/c16-9-5-10(17)14(21-6-9)25-12-4-2-1-3-11(12)22-13(23)7-24-8-15(18,19)20/h1-6H,7-8H2,(H,22,23). The zero-order valence-corrected chi connectivity index (χ0v) is 14.0. The van der Waals surface area contributed by atoms with Gasteiger partial charge in [0.05, 0.1) is 10.7 Å². The van der Waals surface area contributed by atoms with E-state index in [0.717, 1.165) is 0 Å². The number of benzene rings is 1. The number of alkyl halides is 3. The molecule has 0 saturated heterocycles. The summed E-state index contributed by atoms with van der Waals surface area (Å²) in [5, 5.41) is 2.87. The van der Waals surface area contributed by atoms with Crippen LogP contribution < -0.4 is 10.1 Å². The van der Waals surface area contributed by atoms with Crippen molar-refractivity contribution in [3.63, 3.8) is 0 Å². The van der Waals surface area contributed by atoms with Crippen LogP contribution in [0.5, 0.6) is 11.6 Å². The van der Waals surface area contributed by atoms with Gasteiger partial charge in [-0.3, -0.25) is 4.79 Å². The van der Waals surface area contributed by atoms with E-state index in [1.54, 1.807) is 12.1 Å². The van der Waals surface area contributed by atoms with E-state index in [2.05, 4.69) is 15.0 Å². The topological polar surface area (TPSA) is 60.5 Å². The molecule has 1 aromatic heterocycles. The molecule has 1 amide bonds. The Labute approximate surface area is 150 Å². The van der Waals surface area contributed by atoms with Crippen molar-refractivity contribution in [2.45, 2.75) is 6.18 Å². The maximum absolute atomic E-state index is 12.0. The number of pyridine rings is 1. The number of amides is 1. The van der Waals surface area contributed by atoms with Crippen LogP contribution in [0.2, 0.25) is 10.0 Å². The Bertz CT molecular complexity index is 757. The summed E-state index contributed by atoms with van der Waals surface area (Å²) in [4.78, 5) is 15.6. The van der Waals surface area contributed by atoms with Gasteiger partial charge in [0.25, 0.3) is 0 Å². The van der Waals surface area contributed by atoms with Crippen LogP contribution in [0.3, 0.4) is 0 Å². The molecule has 0 radical (unpaired) electrons. The van der Waals surface area contributed by atoms with E-state index in [4.69, 9.17) is 27.9 Å². The molecule has 0 unspecified atom stereocenters. The quantitative estimate of drug-likeness (QED) is 0.771. The summed E-state index contributed by atoms with van der Waals surface area (Å²) in [7, 11) is 0. The summed E-state index contributed by atoms with van der Waals surface area (Å²) >= 11 is 11.7. The lowest BCUT2D eigenvalue weighted by atomic mass is 10.3. The molecule has 0 bridgehead atoms. The van der Waals surface area contributed by atoms with Crippen molar-refractivity contribution in [2.75, 3.05) is 18.5 Å². The molecule has 25 heavy (non-hydrogen) atoms. The summed E-state index contributed by atoms with van der Waals surface area (Å²) in [5.74, 6) is -0.514. The maximum atomic E-state index is 12.0. The second-order valence-corrected chi connectivity index (χ2v) is 5.54. The molecule has 0 saturated carbocycles. The maximum Gasteiger partial charge on any atom is 0.411 e. The highest BCUT2D eigenvalue weighted by molar-refractivity contribution is 6.35. The van der Waals surface area contributed by atoms with Gasteiger partial charge in [-0.05, 0) is 18.2 Å². The lowest BCUT2D eigenvalue weighted by molar-refractivity contribution is -0.174. The Balaban J connectivity index is 2.04. The zero-order chi connectivity index (χ0) is 18.4. The van der Waals surface area contributed by atoms with Crippen LogP contribution in [-0.2, 0) is 9.53 Å². The lowest BCUT2D eigenvalue weighted by Crippen LogP contribution is -2.24. The molecule has 2 aromatic rings. The minimum absolute atomic E-state index is 0.0566. The van der Waals surface area contributed by atoms with Gasteiger partial charge in [0.1, 0.15) is 18.2 Å². The molecule has 10 heteroatoms. The average Bonchev–Trinajstić information content (AvgIpc) is 2.50. The number of hydrogen-bond donors (Lipinski definition) is 1.